The Kier molecular flexibility index (Phi) is 4.48. The Bertz CT molecular complexity index is 1090. The maximum absolute atomic E-state index is 13.2. The van der Waals surface area contributed by atoms with Crippen LogP contribution in [0.25, 0.3) is 0 Å². The van der Waals surface area contributed by atoms with Crippen LogP contribution in [-0.2, 0) is 19.1 Å². The minimum Gasteiger partial charge on any atom is -0.458 e. The summed E-state index contributed by atoms with van der Waals surface area (Å²) in [6, 6.07) is 0. The van der Waals surface area contributed by atoms with E-state index in [1.807, 2.05) is 19.9 Å². The number of carbonyl (C=O) groups excluding carboxylic acids is 2. The van der Waals surface area contributed by atoms with E-state index >= 15 is 0 Å². The summed E-state index contributed by atoms with van der Waals surface area (Å²) < 4.78 is 12.3. The molecule has 2 heterocycles. The summed E-state index contributed by atoms with van der Waals surface area (Å²) in [5.41, 5.74) is -0.376. The van der Waals surface area contributed by atoms with Gasteiger partial charge in [0.15, 0.2) is 5.78 Å². The molecule has 0 aromatic rings. The average Bonchev–Trinajstić information content (AvgIpc) is 3.45. The zero-order chi connectivity index (χ0) is 24.4. The normalized spacial score (nSPS) is 52.2. The summed E-state index contributed by atoms with van der Waals surface area (Å²) >= 11 is 0. The Balaban J connectivity index is 1.38. The van der Waals surface area contributed by atoms with Gasteiger partial charge in [0.25, 0.3) is 0 Å². The number of esters is 1. The number of hydrogen-bond donors (Lipinski definition) is 2. The van der Waals surface area contributed by atoms with Gasteiger partial charge in [-0.1, -0.05) is 37.1 Å². The predicted molar refractivity (Wildman–Crippen MR) is 124 cm³/mol. The third-order valence-corrected chi connectivity index (χ3v) is 11.1. The molecule has 6 rings (SSSR count). The molecule has 0 amide bonds. The molecular formula is C28H36O6. The number of ether oxygens (including phenoxy) is 2. The van der Waals surface area contributed by atoms with Crippen LogP contribution in [0.2, 0.25) is 0 Å². The highest BCUT2D eigenvalue weighted by Crippen LogP contribution is 2.75. The number of allylic oxidation sites excluding steroid dienone is 3. The molecule has 0 aromatic carbocycles. The lowest BCUT2D eigenvalue weighted by atomic mass is 9.44. The lowest BCUT2D eigenvalue weighted by Crippen LogP contribution is -2.69. The van der Waals surface area contributed by atoms with Crippen molar-refractivity contribution in [3.8, 4) is 0 Å². The van der Waals surface area contributed by atoms with Crippen LogP contribution in [-0.4, -0.2) is 51.5 Å². The van der Waals surface area contributed by atoms with Crippen LogP contribution in [0, 0.1) is 28.6 Å². The number of aliphatic hydroxyl groups is 2. The molecule has 2 saturated carbocycles. The molecule has 0 aromatic heterocycles. The second-order valence-corrected chi connectivity index (χ2v) is 12.3. The molecule has 34 heavy (non-hydrogen) atoms. The predicted octanol–water partition coefficient (Wildman–Crippen LogP) is 3.42. The summed E-state index contributed by atoms with van der Waals surface area (Å²) in [4.78, 5) is 25.6. The van der Waals surface area contributed by atoms with Gasteiger partial charge < -0.3 is 19.7 Å². The third kappa shape index (κ3) is 2.43. The number of hydrogen-bond acceptors (Lipinski definition) is 6. The Morgan fingerprint density at radius 1 is 1.21 bits per heavy atom. The highest BCUT2D eigenvalue weighted by Gasteiger charge is 2.83. The third-order valence-electron chi connectivity index (χ3n) is 11.1. The number of epoxide rings is 1. The molecule has 2 N–H and O–H groups in total. The number of cyclic esters (lactones) is 1. The van der Waals surface area contributed by atoms with Gasteiger partial charge in [-0.3, -0.25) is 4.79 Å². The molecule has 0 radical (unpaired) electrons. The topological polar surface area (TPSA) is 96.4 Å². The number of aliphatic hydroxyl groups excluding tert-OH is 1. The van der Waals surface area contributed by atoms with Gasteiger partial charge in [0.2, 0.25) is 0 Å². The van der Waals surface area contributed by atoms with Crippen molar-refractivity contribution in [1.29, 1.82) is 0 Å². The van der Waals surface area contributed by atoms with Gasteiger partial charge in [-0.25, -0.2) is 4.79 Å². The monoisotopic (exact) mass is 468 g/mol. The first-order valence-corrected chi connectivity index (χ1v) is 12.8. The first-order valence-electron chi connectivity index (χ1n) is 12.8. The molecule has 0 spiro atoms. The van der Waals surface area contributed by atoms with Crippen LogP contribution in [0.15, 0.2) is 34.9 Å². The number of rotatable bonds is 2. The van der Waals surface area contributed by atoms with Crippen molar-refractivity contribution >= 4 is 11.8 Å². The van der Waals surface area contributed by atoms with Crippen molar-refractivity contribution in [1.82, 2.24) is 0 Å². The van der Waals surface area contributed by atoms with E-state index in [2.05, 4.69) is 19.9 Å². The van der Waals surface area contributed by atoms with Gasteiger partial charge in [-0.15, -0.1) is 0 Å². The van der Waals surface area contributed by atoms with Crippen molar-refractivity contribution < 1.29 is 29.3 Å². The average molecular weight is 469 g/mol. The lowest BCUT2D eigenvalue weighted by molar-refractivity contribution is -0.233. The summed E-state index contributed by atoms with van der Waals surface area (Å²) in [6.45, 7) is 9.94. The summed E-state index contributed by atoms with van der Waals surface area (Å²) in [5.74, 6) is -1.01. The second kappa shape index (κ2) is 6.71. The van der Waals surface area contributed by atoms with E-state index in [1.54, 1.807) is 13.0 Å². The maximum Gasteiger partial charge on any atom is 0.333 e. The number of carbonyl (C=O) groups is 2. The summed E-state index contributed by atoms with van der Waals surface area (Å²) in [7, 11) is 0. The molecule has 4 aliphatic carbocycles. The molecule has 10 atom stereocenters. The Labute approximate surface area is 201 Å². The van der Waals surface area contributed by atoms with Gasteiger partial charge in [-0.05, 0) is 58.4 Å². The number of fused-ring (bicyclic) bond motifs is 7. The molecule has 0 bridgehead atoms. The Morgan fingerprint density at radius 3 is 2.65 bits per heavy atom. The molecule has 6 aliphatic rings. The van der Waals surface area contributed by atoms with Crippen molar-refractivity contribution in [3.63, 3.8) is 0 Å². The second-order valence-electron chi connectivity index (χ2n) is 12.3. The minimum atomic E-state index is -1.19. The fraction of sp³-hybridized carbons (Fsp3) is 0.714. The molecule has 2 aliphatic heterocycles. The fourth-order valence-corrected chi connectivity index (χ4v) is 9.13. The fourth-order valence-electron chi connectivity index (χ4n) is 9.13. The number of ketones is 1. The van der Waals surface area contributed by atoms with Crippen molar-refractivity contribution in [2.75, 3.05) is 0 Å². The Morgan fingerprint density at radius 2 is 1.94 bits per heavy atom. The van der Waals surface area contributed by atoms with E-state index in [-0.39, 0.29) is 35.8 Å². The highest BCUT2D eigenvalue weighted by molar-refractivity contribution is 5.99. The molecule has 6 nitrogen and oxygen atoms in total. The first-order chi connectivity index (χ1) is 15.9. The smallest absolute Gasteiger partial charge is 0.333 e. The van der Waals surface area contributed by atoms with Crippen molar-refractivity contribution in [3.05, 3.63) is 34.9 Å². The molecule has 6 heteroatoms. The van der Waals surface area contributed by atoms with E-state index in [0.29, 0.717) is 37.7 Å². The van der Waals surface area contributed by atoms with Crippen LogP contribution in [0.1, 0.15) is 66.7 Å². The van der Waals surface area contributed by atoms with Crippen LogP contribution in [0.4, 0.5) is 0 Å². The summed E-state index contributed by atoms with van der Waals surface area (Å²) in [6.07, 6.45) is 7.36. The zero-order valence-electron chi connectivity index (χ0n) is 20.8. The van der Waals surface area contributed by atoms with Gasteiger partial charge >= 0.3 is 5.97 Å². The van der Waals surface area contributed by atoms with E-state index < -0.39 is 34.1 Å². The zero-order valence-corrected chi connectivity index (χ0v) is 20.8. The molecule has 184 valence electrons. The van der Waals surface area contributed by atoms with Gasteiger partial charge in [0, 0.05) is 29.2 Å². The molecular weight excluding hydrogens is 432 g/mol. The van der Waals surface area contributed by atoms with E-state index in [0.717, 1.165) is 11.1 Å². The SMILES string of the molecule is CC1=C(C)C(=O)O[C@@H]([C@@H](C)[C@@]23O[C@@H]2C[C@H]2[C@]4(O)CC=C5CC=CC(=O)[C@]5(C)[C@H]4[C@@H](O)C[C@@]23C)C1. The van der Waals surface area contributed by atoms with Crippen LogP contribution in [0.3, 0.4) is 0 Å². The standard InChI is InChI=1S/C28H36O6/c1-14-11-19(33-24(31)15(14)2)16(3)28-22(34-28)12-20-25(28,4)13-18(29)23-26(5)17(7-6-8-21(26)30)9-10-27(20,23)32/h6,8-9,16,18-20,22-23,29,32H,7,10-13H2,1-5H3/t16-,18+,19-,20-,22-,23-,25+,26-,27-,28-/m1/s1. The molecule has 0 unspecified atom stereocenters. The van der Waals surface area contributed by atoms with Crippen molar-refractivity contribution in [2.24, 2.45) is 28.6 Å². The Hall–Kier alpha value is -1.76. The van der Waals surface area contributed by atoms with E-state index in [4.69, 9.17) is 9.47 Å². The van der Waals surface area contributed by atoms with Gasteiger partial charge in [0.05, 0.1) is 23.2 Å². The molecule has 3 fully saturated rings. The largest absolute Gasteiger partial charge is 0.458 e. The maximum atomic E-state index is 13.2. The van der Waals surface area contributed by atoms with Crippen LogP contribution < -0.4 is 0 Å². The van der Waals surface area contributed by atoms with E-state index in [9.17, 15) is 19.8 Å². The first kappa shape index (κ1) is 22.7. The minimum absolute atomic E-state index is 0.0231. The summed E-state index contributed by atoms with van der Waals surface area (Å²) in [5, 5.41) is 24.0. The highest BCUT2D eigenvalue weighted by atomic mass is 16.6. The van der Waals surface area contributed by atoms with Gasteiger partial charge in [-0.2, -0.15) is 0 Å². The lowest BCUT2D eigenvalue weighted by Gasteiger charge is -2.62. The van der Waals surface area contributed by atoms with Crippen molar-refractivity contribution in [2.45, 2.75) is 96.2 Å². The van der Waals surface area contributed by atoms with Crippen LogP contribution >= 0.6 is 0 Å². The quantitative estimate of drug-likeness (QED) is 0.366. The van der Waals surface area contributed by atoms with Gasteiger partial charge in [0.1, 0.15) is 11.7 Å². The molecule has 1 saturated heterocycles. The van der Waals surface area contributed by atoms with E-state index in [1.165, 1.54) is 0 Å². The van der Waals surface area contributed by atoms with Crippen LogP contribution in [0.5, 0.6) is 0 Å².